The van der Waals surface area contributed by atoms with Crippen molar-refractivity contribution < 1.29 is 38.8 Å². The van der Waals surface area contributed by atoms with Gasteiger partial charge in [0.2, 0.25) is 5.75 Å². The van der Waals surface area contributed by atoms with Crippen molar-refractivity contribution in [2.45, 2.75) is 12.8 Å². The minimum atomic E-state index is -1.34. The van der Waals surface area contributed by atoms with Crippen LogP contribution in [0.5, 0.6) is 17.2 Å². The highest BCUT2D eigenvalue weighted by Crippen LogP contribution is 2.38. The number of ketones is 1. The number of carbonyl (C=O) groups excluding carboxylic acids is 1. The summed E-state index contributed by atoms with van der Waals surface area (Å²) in [6, 6.07) is 2.78. The van der Waals surface area contributed by atoms with Gasteiger partial charge in [-0.15, -0.1) is 0 Å². The number of Topliss-reactive ketones (excluding diaryl/α,β-unsaturated/α-hetero) is 1. The molecule has 0 fully saturated rings. The zero-order valence-corrected chi connectivity index (χ0v) is 13.0. The van der Waals surface area contributed by atoms with E-state index in [1.807, 2.05) is 0 Å². The number of carboxylic acid groups (broad SMARTS) is 2. The maximum atomic E-state index is 12.3. The lowest BCUT2D eigenvalue weighted by atomic mass is 9.95. The molecule has 23 heavy (non-hydrogen) atoms. The van der Waals surface area contributed by atoms with Crippen molar-refractivity contribution in [3.05, 3.63) is 17.7 Å². The average molecular weight is 326 g/mol. The summed E-state index contributed by atoms with van der Waals surface area (Å²) in [7, 11) is 4.18. The zero-order chi connectivity index (χ0) is 17.6. The van der Waals surface area contributed by atoms with Crippen LogP contribution in [0.15, 0.2) is 12.1 Å². The van der Waals surface area contributed by atoms with E-state index in [0.717, 1.165) is 0 Å². The van der Waals surface area contributed by atoms with Crippen LogP contribution in [0.25, 0.3) is 0 Å². The molecule has 1 aromatic carbocycles. The first-order valence-electron chi connectivity index (χ1n) is 6.61. The monoisotopic (exact) mass is 326 g/mol. The highest BCUT2D eigenvalue weighted by molar-refractivity contribution is 5.99. The number of methoxy groups -OCH3 is 3. The number of carbonyl (C=O) groups is 3. The van der Waals surface area contributed by atoms with Crippen molar-refractivity contribution in [2.75, 3.05) is 21.3 Å². The summed E-state index contributed by atoms with van der Waals surface area (Å²) in [5, 5.41) is 17.7. The van der Waals surface area contributed by atoms with Crippen LogP contribution < -0.4 is 14.2 Å². The lowest BCUT2D eigenvalue weighted by Gasteiger charge is -2.14. The number of ether oxygens (including phenoxy) is 3. The van der Waals surface area contributed by atoms with Gasteiger partial charge in [-0.3, -0.25) is 14.4 Å². The van der Waals surface area contributed by atoms with Crippen molar-refractivity contribution in [3.8, 4) is 17.2 Å². The third kappa shape index (κ3) is 4.60. The first-order valence-corrected chi connectivity index (χ1v) is 6.61. The van der Waals surface area contributed by atoms with Crippen LogP contribution in [-0.2, 0) is 9.59 Å². The van der Waals surface area contributed by atoms with E-state index in [1.54, 1.807) is 0 Å². The summed E-state index contributed by atoms with van der Waals surface area (Å²) in [4.78, 5) is 34.0. The van der Waals surface area contributed by atoms with Crippen LogP contribution in [-0.4, -0.2) is 49.3 Å². The van der Waals surface area contributed by atoms with Gasteiger partial charge in [-0.05, 0) is 12.1 Å². The number of carboxylic acids is 2. The molecule has 0 spiro atoms. The van der Waals surface area contributed by atoms with Crippen LogP contribution in [0.1, 0.15) is 23.2 Å². The van der Waals surface area contributed by atoms with E-state index in [4.69, 9.17) is 24.4 Å². The molecule has 0 aliphatic rings. The van der Waals surface area contributed by atoms with E-state index in [0.29, 0.717) is 5.75 Å². The fraction of sp³-hybridized carbons (Fsp3) is 0.400. The largest absolute Gasteiger partial charge is 0.493 e. The maximum absolute atomic E-state index is 12.3. The SMILES string of the molecule is COc1cc(C(=O)CC(CC(=O)O)C(=O)O)cc(OC)c1OC. The van der Waals surface area contributed by atoms with Crippen molar-refractivity contribution in [1.82, 2.24) is 0 Å². The number of hydrogen-bond donors (Lipinski definition) is 2. The molecule has 0 saturated heterocycles. The molecule has 0 aromatic heterocycles. The summed E-state index contributed by atoms with van der Waals surface area (Å²) < 4.78 is 15.4. The quantitative estimate of drug-likeness (QED) is 0.655. The van der Waals surface area contributed by atoms with Crippen molar-refractivity contribution >= 4 is 17.7 Å². The molecule has 8 heteroatoms. The van der Waals surface area contributed by atoms with Gasteiger partial charge < -0.3 is 24.4 Å². The van der Waals surface area contributed by atoms with Gasteiger partial charge in [0.25, 0.3) is 0 Å². The van der Waals surface area contributed by atoms with Crippen LogP contribution in [0.2, 0.25) is 0 Å². The Morgan fingerprint density at radius 1 is 0.957 bits per heavy atom. The Balaban J connectivity index is 3.12. The van der Waals surface area contributed by atoms with Gasteiger partial charge in [0, 0.05) is 12.0 Å². The zero-order valence-electron chi connectivity index (χ0n) is 13.0. The Bertz CT molecular complexity index is 582. The van der Waals surface area contributed by atoms with Gasteiger partial charge >= 0.3 is 11.9 Å². The first-order chi connectivity index (χ1) is 10.8. The smallest absolute Gasteiger partial charge is 0.307 e. The first kappa shape index (κ1) is 18.3. The van der Waals surface area contributed by atoms with Crippen molar-refractivity contribution in [2.24, 2.45) is 5.92 Å². The second-order valence-corrected chi connectivity index (χ2v) is 4.67. The Labute approximate surface area is 132 Å². The minimum Gasteiger partial charge on any atom is -0.493 e. The standard InChI is InChI=1S/C15H18O8/c1-21-11-5-8(6-12(22-2)14(11)23-3)10(16)4-9(15(19)20)7-13(17)18/h5-6,9H,4,7H2,1-3H3,(H,17,18)(H,19,20). The predicted octanol–water partition coefficient (Wildman–Crippen LogP) is 1.46. The topological polar surface area (TPSA) is 119 Å². The molecule has 0 aliphatic carbocycles. The summed E-state index contributed by atoms with van der Waals surface area (Å²) in [5.74, 6) is -3.66. The van der Waals surface area contributed by atoms with E-state index < -0.39 is 36.5 Å². The number of aliphatic carboxylic acids is 2. The number of rotatable bonds is 9. The van der Waals surface area contributed by atoms with E-state index in [1.165, 1.54) is 33.5 Å². The lowest BCUT2D eigenvalue weighted by Crippen LogP contribution is -2.21. The van der Waals surface area contributed by atoms with E-state index >= 15 is 0 Å². The minimum absolute atomic E-state index is 0.149. The number of hydrogen-bond acceptors (Lipinski definition) is 6. The Hall–Kier alpha value is -2.77. The summed E-state index contributed by atoms with van der Waals surface area (Å²) in [6.07, 6.45) is -1.08. The molecule has 0 radical (unpaired) electrons. The molecule has 1 aromatic rings. The van der Waals surface area contributed by atoms with Crippen molar-refractivity contribution in [3.63, 3.8) is 0 Å². The molecule has 1 unspecified atom stereocenters. The molecule has 0 aliphatic heterocycles. The van der Waals surface area contributed by atoms with Gasteiger partial charge in [-0.1, -0.05) is 0 Å². The van der Waals surface area contributed by atoms with E-state index in [-0.39, 0.29) is 17.1 Å². The second kappa shape index (κ2) is 8.02. The normalized spacial score (nSPS) is 11.4. The molecule has 0 amide bonds. The summed E-state index contributed by atoms with van der Waals surface area (Å²) in [6.45, 7) is 0. The molecule has 1 atom stereocenters. The Morgan fingerprint density at radius 2 is 1.48 bits per heavy atom. The highest BCUT2D eigenvalue weighted by Gasteiger charge is 2.26. The van der Waals surface area contributed by atoms with Gasteiger partial charge in [0.05, 0.1) is 33.7 Å². The van der Waals surface area contributed by atoms with Gasteiger partial charge in [0.1, 0.15) is 0 Å². The third-order valence-electron chi connectivity index (χ3n) is 3.19. The van der Waals surface area contributed by atoms with E-state index in [2.05, 4.69) is 0 Å². The Morgan fingerprint density at radius 3 is 1.83 bits per heavy atom. The summed E-state index contributed by atoms with van der Waals surface area (Å²) in [5.41, 5.74) is 0.149. The Kier molecular flexibility index (Phi) is 6.37. The molecule has 0 saturated carbocycles. The molecule has 0 bridgehead atoms. The molecule has 1 rings (SSSR count). The van der Waals surface area contributed by atoms with E-state index in [9.17, 15) is 14.4 Å². The van der Waals surface area contributed by atoms with Crippen LogP contribution in [0, 0.1) is 5.92 Å². The molecular formula is C15H18O8. The highest BCUT2D eigenvalue weighted by atomic mass is 16.5. The molecule has 2 N–H and O–H groups in total. The van der Waals surface area contributed by atoms with Crippen LogP contribution in [0.3, 0.4) is 0 Å². The van der Waals surface area contributed by atoms with Gasteiger partial charge in [0.15, 0.2) is 17.3 Å². The van der Waals surface area contributed by atoms with Gasteiger partial charge in [-0.25, -0.2) is 0 Å². The molecule has 0 heterocycles. The lowest BCUT2D eigenvalue weighted by molar-refractivity contribution is -0.148. The van der Waals surface area contributed by atoms with Crippen molar-refractivity contribution in [1.29, 1.82) is 0 Å². The van der Waals surface area contributed by atoms with Crippen LogP contribution >= 0.6 is 0 Å². The average Bonchev–Trinajstić information content (AvgIpc) is 2.51. The number of benzene rings is 1. The van der Waals surface area contributed by atoms with Crippen LogP contribution in [0.4, 0.5) is 0 Å². The summed E-state index contributed by atoms with van der Waals surface area (Å²) >= 11 is 0. The van der Waals surface area contributed by atoms with Gasteiger partial charge in [-0.2, -0.15) is 0 Å². The molecule has 126 valence electrons. The second-order valence-electron chi connectivity index (χ2n) is 4.67. The fourth-order valence-corrected chi connectivity index (χ4v) is 2.04. The molecular weight excluding hydrogens is 308 g/mol. The predicted molar refractivity (Wildman–Crippen MR) is 78.4 cm³/mol. The maximum Gasteiger partial charge on any atom is 0.307 e. The molecule has 8 nitrogen and oxygen atoms in total. The third-order valence-corrected chi connectivity index (χ3v) is 3.19. The fourth-order valence-electron chi connectivity index (χ4n) is 2.04.